The molecule has 3 rings (SSSR count). The summed E-state index contributed by atoms with van der Waals surface area (Å²) in [5.74, 6) is -3.95. The van der Waals surface area contributed by atoms with Gasteiger partial charge in [-0.05, 0) is 41.8 Å². The number of carbonyl (C=O) groups is 3. The van der Waals surface area contributed by atoms with E-state index in [1.54, 1.807) is 43.6 Å². The van der Waals surface area contributed by atoms with Crippen LogP contribution in [0.5, 0.6) is 0 Å². The van der Waals surface area contributed by atoms with Gasteiger partial charge in [-0.3, -0.25) is 14.4 Å². The summed E-state index contributed by atoms with van der Waals surface area (Å²) < 4.78 is 26.7. The molecule has 3 N–H and O–H groups in total. The first-order valence-electron chi connectivity index (χ1n) is 9.46. The Kier molecular flexibility index (Phi) is 6.45. The number of aliphatic hydroxyl groups excluding tert-OH is 1. The minimum absolute atomic E-state index is 0.289. The Hall–Kier alpha value is -3.59. The molecule has 0 fully saturated rings. The van der Waals surface area contributed by atoms with Gasteiger partial charge in [0.1, 0.15) is 23.7 Å². The van der Waals surface area contributed by atoms with Crippen molar-refractivity contribution in [2.75, 3.05) is 7.05 Å². The lowest BCUT2D eigenvalue weighted by Crippen LogP contribution is -2.49. The van der Waals surface area contributed by atoms with Crippen molar-refractivity contribution in [3.05, 3.63) is 77.0 Å². The smallest absolute Gasteiger partial charge is 0.254 e. The van der Waals surface area contributed by atoms with Crippen LogP contribution in [0.25, 0.3) is 6.08 Å². The van der Waals surface area contributed by atoms with Gasteiger partial charge in [0.05, 0.1) is 0 Å². The van der Waals surface area contributed by atoms with Crippen molar-refractivity contribution in [2.45, 2.75) is 25.1 Å². The minimum atomic E-state index is -1.88. The zero-order valence-electron chi connectivity index (χ0n) is 16.8. The summed E-state index contributed by atoms with van der Waals surface area (Å²) in [6, 6.07) is 7.19. The molecule has 7 nitrogen and oxygen atoms in total. The van der Waals surface area contributed by atoms with Crippen LogP contribution >= 0.6 is 0 Å². The van der Waals surface area contributed by atoms with E-state index in [9.17, 15) is 28.3 Å². The Morgan fingerprint density at radius 2 is 1.74 bits per heavy atom. The van der Waals surface area contributed by atoms with Gasteiger partial charge in [-0.2, -0.15) is 0 Å². The van der Waals surface area contributed by atoms with Gasteiger partial charge in [0.15, 0.2) is 6.10 Å². The molecule has 2 aromatic carbocycles. The number of nitrogens with one attached hydrogen (secondary N) is 2. The molecule has 0 aliphatic carbocycles. The third-order valence-electron chi connectivity index (χ3n) is 4.87. The van der Waals surface area contributed by atoms with Crippen LogP contribution in [0.4, 0.5) is 8.78 Å². The number of carbonyl (C=O) groups excluding carboxylic acids is 3. The van der Waals surface area contributed by atoms with Gasteiger partial charge in [0.2, 0.25) is 5.91 Å². The maximum absolute atomic E-state index is 13.3. The van der Waals surface area contributed by atoms with E-state index in [-0.39, 0.29) is 11.5 Å². The van der Waals surface area contributed by atoms with Gasteiger partial charge in [-0.25, -0.2) is 8.78 Å². The van der Waals surface area contributed by atoms with Gasteiger partial charge in [-0.1, -0.05) is 24.3 Å². The Labute approximate surface area is 177 Å². The molecule has 3 amide bonds. The van der Waals surface area contributed by atoms with Crippen molar-refractivity contribution in [2.24, 2.45) is 0 Å². The highest BCUT2D eigenvalue weighted by molar-refractivity contribution is 5.94. The topological polar surface area (TPSA) is 98.7 Å². The van der Waals surface area contributed by atoms with E-state index in [4.69, 9.17) is 0 Å². The van der Waals surface area contributed by atoms with E-state index >= 15 is 0 Å². The Morgan fingerprint density at radius 3 is 2.42 bits per heavy atom. The number of likely N-dealkylation sites (N-methyl/N-ethyl adjacent to an activating group) is 1. The summed E-state index contributed by atoms with van der Waals surface area (Å²) in [5, 5.41) is 15.0. The van der Waals surface area contributed by atoms with E-state index in [0.717, 1.165) is 17.7 Å². The fourth-order valence-corrected chi connectivity index (χ4v) is 3.18. The van der Waals surface area contributed by atoms with Crippen LogP contribution in [0.15, 0.2) is 48.7 Å². The van der Waals surface area contributed by atoms with Crippen molar-refractivity contribution < 1.29 is 28.3 Å². The van der Waals surface area contributed by atoms with E-state index in [0.29, 0.717) is 11.6 Å². The SMILES string of the molecule is C[C@H](NC(=O)[C@@H](O)c1cc(F)cc(F)c1)C(=O)N[C@@H]1C(=O)N(C)C=Cc2ccccc21. The molecule has 1 aliphatic heterocycles. The standard InChI is InChI=1S/C22H21F2N3O4/c1-12(25-21(30)19(28)14-9-15(23)11-16(24)10-14)20(29)26-18-17-6-4-3-5-13(17)7-8-27(2)22(18)31/h3-12,18-19,28H,1-2H3,(H,25,30)(H,26,29)/t12-,18-,19-/m0/s1. The molecule has 1 aliphatic rings. The summed E-state index contributed by atoms with van der Waals surface area (Å²) >= 11 is 0. The predicted octanol–water partition coefficient (Wildman–Crippen LogP) is 1.80. The average molecular weight is 429 g/mol. The second-order valence-corrected chi connectivity index (χ2v) is 7.17. The van der Waals surface area contributed by atoms with Crippen molar-refractivity contribution in [1.82, 2.24) is 15.5 Å². The fraction of sp³-hybridized carbons (Fsp3) is 0.227. The van der Waals surface area contributed by atoms with Crippen LogP contribution in [0.1, 0.15) is 35.8 Å². The third-order valence-corrected chi connectivity index (χ3v) is 4.87. The molecule has 9 heteroatoms. The number of nitrogens with zero attached hydrogens (tertiary/aromatic N) is 1. The Balaban J connectivity index is 1.71. The predicted molar refractivity (Wildman–Crippen MR) is 108 cm³/mol. The molecule has 162 valence electrons. The summed E-state index contributed by atoms with van der Waals surface area (Å²) in [7, 11) is 1.56. The van der Waals surface area contributed by atoms with E-state index in [1.165, 1.54) is 11.8 Å². The summed E-state index contributed by atoms with van der Waals surface area (Å²) in [6.07, 6.45) is 1.46. The zero-order valence-corrected chi connectivity index (χ0v) is 16.8. The number of amides is 3. The van der Waals surface area contributed by atoms with Crippen LogP contribution in [-0.2, 0) is 14.4 Å². The number of fused-ring (bicyclic) bond motifs is 1. The second-order valence-electron chi connectivity index (χ2n) is 7.17. The van der Waals surface area contributed by atoms with Gasteiger partial charge in [0, 0.05) is 19.3 Å². The number of hydrogen-bond donors (Lipinski definition) is 3. The summed E-state index contributed by atoms with van der Waals surface area (Å²) in [4.78, 5) is 39.0. The van der Waals surface area contributed by atoms with Crippen LogP contribution < -0.4 is 10.6 Å². The molecule has 0 bridgehead atoms. The second kappa shape index (κ2) is 9.05. The van der Waals surface area contributed by atoms with Crippen molar-refractivity contribution in [1.29, 1.82) is 0 Å². The Morgan fingerprint density at radius 1 is 1.10 bits per heavy atom. The van der Waals surface area contributed by atoms with E-state index in [2.05, 4.69) is 10.6 Å². The number of halogens is 2. The minimum Gasteiger partial charge on any atom is -0.378 e. The van der Waals surface area contributed by atoms with Crippen molar-refractivity contribution in [3.8, 4) is 0 Å². The van der Waals surface area contributed by atoms with Gasteiger partial charge in [0.25, 0.3) is 11.8 Å². The number of benzene rings is 2. The highest BCUT2D eigenvalue weighted by Gasteiger charge is 2.31. The maximum Gasteiger partial charge on any atom is 0.254 e. The lowest BCUT2D eigenvalue weighted by molar-refractivity contribution is -0.136. The number of rotatable bonds is 5. The molecular weight excluding hydrogens is 408 g/mol. The molecule has 0 aromatic heterocycles. The van der Waals surface area contributed by atoms with Crippen LogP contribution in [-0.4, -0.2) is 40.8 Å². The molecule has 0 saturated heterocycles. The highest BCUT2D eigenvalue weighted by atomic mass is 19.1. The molecule has 0 unspecified atom stereocenters. The first kappa shape index (κ1) is 22.1. The molecule has 31 heavy (non-hydrogen) atoms. The normalized spacial score (nSPS) is 17.4. The average Bonchev–Trinajstić information content (AvgIpc) is 2.84. The van der Waals surface area contributed by atoms with Crippen LogP contribution in [0, 0.1) is 11.6 Å². The van der Waals surface area contributed by atoms with Crippen LogP contribution in [0.3, 0.4) is 0 Å². The maximum atomic E-state index is 13.3. The van der Waals surface area contributed by atoms with Gasteiger partial charge >= 0.3 is 0 Å². The molecular formula is C22H21F2N3O4. The third kappa shape index (κ3) is 4.95. The molecule has 0 spiro atoms. The number of aliphatic hydroxyl groups is 1. The molecule has 3 atom stereocenters. The van der Waals surface area contributed by atoms with E-state index in [1.807, 2.05) is 0 Å². The highest BCUT2D eigenvalue weighted by Crippen LogP contribution is 2.25. The Bertz CT molecular complexity index is 1040. The van der Waals surface area contributed by atoms with Gasteiger partial charge in [-0.15, -0.1) is 0 Å². The summed E-state index contributed by atoms with van der Waals surface area (Å²) in [6.45, 7) is 1.36. The lowest BCUT2D eigenvalue weighted by Gasteiger charge is -2.24. The molecule has 0 radical (unpaired) electrons. The quantitative estimate of drug-likeness (QED) is 0.675. The molecule has 1 heterocycles. The first-order valence-corrected chi connectivity index (χ1v) is 9.46. The zero-order chi connectivity index (χ0) is 22.7. The first-order chi connectivity index (χ1) is 14.7. The van der Waals surface area contributed by atoms with Gasteiger partial charge < -0.3 is 20.6 Å². The largest absolute Gasteiger partial charge is 0.378 e. The fourth-order valence-electron chi connectivity index (χ4n) is 3.18. The summed E-state index contributed by atoms with van der Waals surface area (Å²) in [5.41, 5.74) is 1.06. The van der Waals surface area contributed by atoms with Crippen LogP contribution in [0.2, 0.25) is 0 Å². The monoisotopic (exact) mass is 429 g/mol. The van der Waals surface area contributed by atoms with E-state index < -0.39 is 41.6 Å². The molecule has 0 saturated carbocycles. The lowest BCUT2D eigenvalue weighted by atomic mass is 10.00. The number of hydrogen-bond acceptors (Lipinski definition) is 4. The molecule has 2 aromatic rings. The van der Waals surface area contributed by atoms with Crippen molar-refractivity contribution in [3.63, 3.8) is 0 Å². The van der Waals surface area contributed by atoms with Crippen molar-refractivity contribution >= 4 is 23.8 Å².